The van der Waals surface area contributed by atoms with E-state index in [1.165, 1.54) is 36.6 Å². The van der Waals surface area contributed by atoms with Gasteiger partial charge in [0.25, 0.3) is 5.91 Å². The number of aryl methyl sites for hydroxylation is 1. The van der Waals surface area contributed by atoms with Crippen molar-refractivity contribution in [3.8, 4) is 22.9 Å². The maximum Gasteiger partial charge on any atom is 0.250 e. The average Bonchev–Trinajstić information content (AvgIpc) is 3.32. The molecule has 1 aliphatic rings. The SMILES string of the molecule is COc1cccc(/C=N/NC(=O)CSc2nnc(-c3ccc(C)cc3)n2C2CCCCC2)c1OC. The Hall–Kier alpha value is -3.33. The molecule has 1 saturated carbocycles. The number of ether oxygens (including phenoxy) is 2. The number of rotatable bonds is 9. The zero-order valence-corrected chi connectivity index (χ0v) is 21.2. The van der Waals surface area contributed by atoms with Crippen molar-refractivity contribution in [2.75, 3.05) is 20.0 Å². The molecule has 1 amide bonds. The lowest BCUT2D eigenvalue weighted by molar-refractivity contribution is -0.118. The number of benzene rings is 2. The summed E-state index contributed by atoms with van der Waals surface area (Å²) in [4.78, 5) is 12.5. The third-order valence-corrected chi connectivity index (χ3v) is 7.02. The molecule has 1 N–H and O–H groups in total. The highest BCUT2D eigenvalue weighted by atomic mass is 32.2. The van der Waals surface area contributed by atoms with Crippen molar-refractivity contribution in [3.63, 3.8) is 0 Å². The van der Waals surface area contributed by atoms with Gasteiger partial charge >= 0.3 is 0 Å². The summed E-state index contributed by atoms with van der Waals surface area (Å²) < 4.78 is 12.9. The summed E-state index contributed by atoms with van der Waals surface area (Å²) in [5.74, 6) is 1.99. The number of hydrogen-bond donors (Lipinski definition) is 1. The highest BCUT2D eigenvalue weighted by molar-refractivity contribution is 7.99. The lowest BCUT2D eigenvalue weighted by Crippen LogP contribution is -2.20. The Morgan fingerprint density at radius 3 is 2.60 bits per heavy atom. The number of carbonyl (C=O) groups excluding carboxylic acids is 1. The fourth-order valence-corrected chi connectivity index (χ4v) is 5.09. The molecule has 184 valence electrons. The average molecular weight is 494 g/mol. The van der Waals surface area contributed by atoms with E-state index >= 15 is 0 Å². The molecule has 0 saturated heterocycles. The number of hydrogen-bond acceptors (Lipinski definition) is 7. The number of amides is 1. The summed E-state index contributed by atoms with van der Waals surface area (Å²) in [7, 11) is 3.14. The quantitative estimate of drug-likeness (QED) is 0.256. The fourth-order valence-electron chi connectivity index (χ4n) is 4.29. The van der Waals surface area contributed by atoms with Crippen LogP contribution in [0.1, 0.15) is 49.3 Å². The predicted octanol–water partition coefficient (Wildman–Crippen LogP) is 5.02. The van der Waals surface area contributed by atoms with E-state index in [9.17, 15) is 4.79 Å². The topological polar surface area (TPSA) is 90.6 Å². The molecule has 4 rings (SSSR count). The highest BCUT2D eigenvalue weighted by Crippen LogP contribution is 2.35. The molecule has 1 aromatic heterocycles. The van der Waals surface area contributed by atoms with E-state index in [4.69, 9.17) is 9.47 Å². The molecule has 1 heterocycles. The van der Waals surface area contributed by atoms with Crippen molar-refractivity contribution in [1.29, 1.82) is 0 Å². The molecule has 8 nitrogen and oxygen atoms in total. The summed E-state index contributed by atoms with van der Waals surface area (Å²) in [5, 5.41) is 13.8. The van der Waals surface area contributed by atoms with Gasteiger partial charge in [-0.25, -0.2) is 5.43 Å². The van der Waals surface area contributed by atoms with Crippen molar-refractivity contribution in [3.05, 3.63) is 53.6 Å². The van der Waals surface area contributed by atoms with Crippen LogP contribution in [0, 0.1) is 6.92 Å². The second kappa shape index (κ2) is 11.9. The molecular weight excluding hydrogens is 462 g/mol. The van der Waals surface area contributed by atoms with Gasteiger partial charge in [-0.2, -0.15) is 5.10 Å². The third-order valence-electron chi connectivity index (χ3n) is 6.07. The smallest absolute Gasteiger partial charge is 0.250 e. The van der Waals surface area contributed by atoms with Crippen molar-refractivity contribution in [2.45, 2.75) is 50.2 Å². The van der Waals surface area contributed by atoms with E-state index < -0.39 is 0 Å². The van der Waals surface area contributed by atoms with Crippen LogP contribution in [-0.4, -0.2) is 46.9 Å². The van der Waals surface area contributed by atoms with E-state index in [1.54, 1.807) is 26.5 Å². The number of nitrogens with zero attached hydrogens (tertiary/aromatic N) is 4. The van der Waals surface area contributed by atoms with Crippen molar-refractivity contribution >= 4 is 23.9 Å². The van der Waals surface area contributed by atoms with Crippen LogP contribution in [0.25, 0.3) is 11.4 Å². The van der Waals surface area contributed by atoms with Gasteiger partial charge in [0.15, 0.2) is 22.5 Å². The van der Waals surface area contributed by atoms with Gasteiger partial charge in [-0.3, -0.25) is 9.36 Å². The fraction of sp³-hybridized carbons (Fsp3) is 0.385. The molecule has 0 aliphatic heterocycles. The molecule has 0 radical (unpaired) electrons. The van der Waals surface area contributed by atoms with Gasteiger partial charge in [0.1, 0.15) is 0 Å². The highest BCUT2D eigenvalue weighted by Gasteiger charge is 2.24. The van der Waals surface area contributed by atoms with Crippen LogP contribution in [0.4, 0.5) is 0 Å². The molecule has 1 fully saturated rings. The summed E-state index contributed by atoms with van der Waals surface area (Å²) in [5.41, 5.74) is 5.55. The minimum absolute atomic E-state index is 0.186. The Kier molecular flexibility index (Phi) is 8.41. The van der Waals surface area contributed by atoms with Gasteiger partial charge in [0.2, 0.25) is 0 Å². The standard InChI is InChI=1S/C26H31N5O3S/c1-18-12-14-19(15-13-18)25-29-30-26(31(25)21-9-5-4-6-10-21)35-17-23(32)28-27-16-20-8-7-11-22(33-2)24(20)34-3/h7-8,11-16,21H,4-6,9-10,17H2,1-3H3,(H,28,32)/b27-16+. The van der Waals surface area contributed by atoms with Gasteiger partial charge in [-0.05, 0) is 31.9 Å². The lowest BCUT2D eigenvalue weighted by Gasteiger charge is -2.25. The van der Waals surface area contributed by atoms with E-state index in [0.717, 1.165) is 29.4 Å². The van der Waals surface area contributed by atoms with Gasteiger partial charge < -0.3 is 9.47 Å². The molecule has 2 aromatic carbocycles. The van der Waals surface area contributed by atoms with Crippen LogP contribution in [0.2, 0.25) is 0 Å². The van der Waals surface area contributed by atoms with Crippen LogP contribution < -0.4 is 14.9 Å². The van der Waals surface area contributed by atoms with Crippen LogP contribution in [0.3, 0.4) is 0 Å². The molecular formula is C26H31N5O3S. The Bertz CT molecular complexity index is 1170. The minimum Gasteiger partial charge on any atom is -0.493 e. The Labute approximate surface area is 210 Å². The molecule has 3 aromatic rings. The molecule has 9 heteroatoms. The van der Waals surface area contributed by atoms with E-state index in [0.29, 0.717) is 23.1 Å². The van der Waals surface area contributed by atoms with Crippen LogP contribution in [0.5, 0.6) is 11.5 Å². The van der Waals surface area contributed by atoms with Gasteiger partial charge in [-0.15, -0.1) is 10.2 Å². The molecule has 0 spiro atoms. The zero-order valence-electron chi connectivity index (χ0n) is 20.4. The van der Waals surface area contributed by atoms with E-state index in [1.807, 2.05) is 12.1 Å². The molecule has 0 bridgehead atoms. The molecule has 0 atom stereocenters. The number of nitrogens with one attached hydrogen (secondary N) is 1. The first-order chi connectivity index (χ1) is 17.1. The Morgan fingerprint density at radius 1 is 1.11 bits per heavy atom. The van der Waals surface area contributed by atoms with Crippen molar-refractivity contribution in [2.24, 2.45) is 5.10 Å². The molecule has 1 aliphatic carbocycles. The number of aromatic nitrogens is 3. The van der Waals surface area contributed by atoms with Crippen LogP contribution in [0.15, 0.2) is 52.7 Å². The summed E-state index contributed by atoms with van der Waals surface area (Å²) in [6, 6.07) is 14.2. The maximum atomic E-state index is 12.5. The van der Waals surface area contributed by atoms with Crippen LogP contribution in [-0.2, 0) is 4.79 Å². The van der Waals surface area contributed by atoms with E-state index in [-0.39, 0.29) is 11.7 Å². The number of thioether (sulfide) groups is 1. The first kappa shape index (κ1) is 24.8. The van der Waals surface area contributed by atoms with Gasteiger partial charge in [-0.1, -0.05) is 66.9 Å². The second-order valence-corrected chi connectivity index (χ2v) is 9.44. The van der Waals surface area contributed by atoms with Gasteiger partial charge in [0.05, 0.1) is 26.2 Å². The molecule has 35 heavy (non-hydrogen) atoms. The Morgan fingerprint density at radius 2 is 1.89 bits per heavy atom. The summed E-state index contributed by atoms with van der Waals surface area (Å²) in [6.45, 7) is 2.07. The number of para-hydroxylation sites is 1. The summed E-state index contributed by atoms with van der Waals surface area (Å²) in [6.07, 6.45) is 7.41. The number of carbonyl (C=O) groups is 1. The second-order valence-electron chi connectivity index (χ2n) is 8.50. The van der Waals surface area contributed by atoms with Crippen molar-refractivity contribution < 1.29 is 14.3 Å². The zero-order chi connectivity index (χ0) is 24.6. The minimum atomic E-state index is -0.219. The molecule has 0 unspecified atom stereocenters. The normalized spacial score (nSPS) is 14.3. The third kappa shape index (κ3) is 6.03. The largest absolute Gasteiger partial charge is 0.493 e. The van der Waals surface area contributed by atoms with E-state index in [2.05, 4.69) is 56.5 Å². The number of methoxy groups -OCH3 is 2. The van der Waals surface area contributed by atoms with Crippen LogP contribution >= 0.6 is 11.8 Å². The Balaban J connectivity index is 1.45. The maximum absolute atomic E-state index is 12.5. The first-order valence-electron chi connectivity index (χ1n) is 11.8. The number of hydrazone groups is 1. The first-order valence-corrected chi connectivity index (χ1v) is 12.8. The van der Waals surface area contributed by atoms with Gasteiger partial charge in [0, 0.05) is 17.2 Å². The predicted molar refractivity (Wildman–Crippen MR) is 138 cm³/mol. The monoisotopic (exact) mass is 493 g/mol. The lowest BCUT2D eigenvalue weighted by atomic mass is 9.95. The van der Waals surface area contributed by atoms with Crippen molar-refractivity contribution in [1.82, 2.24) is 20.2 Å². The summed E-state index contributed by atoms with van der Waals surface area (Å²) >= 11 is 1.39.